The molecule has 0 atom stereocenters. The Kier molecular flexibility index (Phi) is 4.19. The first-order chi connectivity index (χ1) is 10.3. The summed E-state index contributed by atoms with van der Waals surface area (Å²) in [5, 5.41) is 3.30. The summed E-state index contributed by atoms with van der Waals surface area (Å²) in [7, 11) is 0. The lowest BCUT2D eigenvalue weighted by Crippen LogP contribution is -2.48. The van der Waals surface area contributed by atoms with Gasteiger partial charge in [0.05, 0.1) is 0 Å². The van der Waals surface area contributed by atoms with Gasteiger partial charge in [-0.1, -0.05) is 0 Å². The predicted octanol–water partition coefficient (Wildman–Crippen LogP) is 0.0558. The van der Waals surface area contributed by atoms with Crippen LogP contribution in [0.1, 0.15) is 35.1 Å². The molecule has 2 amide bonds. The van der Waals surface area contributed by atoms with E-state index in [2.05, 4.69) is 10.3 Å². The Morgan fingerprint density at radius 3 is 2.67 bits per heavy atom. The van der Waals surface area contributed by atoms with Gasteiger partial charge >= 0.3 is 0 Å². The fourth-order valence-electron chi connectivity index (χ4n) is 2.83. The molecule has 2 saturated heterocycles. The van der Waals surface area contributed by atoms with Crippen LogP contribution in [0.2, 0.25) is 0 Å². The number of rotatable bonds is 3. The molecule has 7 heteroatoms. The second-order valence-electron chi connectivity index (χ2n) is 5.53. The van der Waals surface area contributed by atoms with Crippen molar-refractivity contribution in [3.63, 3.8) is 0 Å². The molecular formula is C14H20N4O3. The molecule has 7 nitrogen and oxygen atoms in total. The van der Waals surface area contributed by atoms with Crippen LogP contribution in [0.25, 0.3) is 0 Å². The van der Waals surface area contributed by atoms with Crippen LogP contribution in [-0.4, -0.2) is 66.4 Å². The summed E-state index contributed by atoms with van der Waals surface area (Å²) >= 11 is 0. The van der Waals surface area contributed by atoms with E-state index < -0.39 is 0 Å². The third-order valence-electron chi connectivity index (χ3n) is 4.18. The summed E-state index contributed by atoms with van der Waals surface area (Å²) in [5.41, 5.74) is 0.378. The van der Waals surface area contributed by atoms with Gasteiger partial charge in [0, 0.05) is 32.1 Å². The number of amides is 2. The fraction of sp³-hybridized carbons (Fsp3) is 0.643. The second-order valence-corrected chi connectivity index (χ2v) is 5.53. The number of nitrogens with one attached hydrogen (secondary N) is 1. The molecule has 0 spiro atoms. The third kappa shape index (κ3) is 3.07. The first-order valence-electron chi connectivity index (χ1n) is 7.42. The standard InChI is InChI=1S/C14H20N4O3/c19-10-17-5-7-18(8-6-17)14(20)12-9-21-13(16-12)11-1-3-15-4-2-11/h9-11,15H,1-8H2. The largest absolute Gasteiger partial charge is 0.448 e. The highest BCUT2D eigenvalue weighted by atomic mass is 16.3. The van der Waals surface area contributed by atoms with Crippen molar-refractivity contribution in [1.82, 2.24) is 20.1 Å². The van der Waals surface area contributed by atoms with Gasteiger partial charge in [-0.25, -0.2) is 4.98 Å². The molecule has 0 aliphatic carbocycles. The topological polar surface area (TPSA) is 78.7 Å². The molecule has 0 saturated carbocycles. The number of aromatic nitrogens is 1. The minimum Gasteiger partial charge on any atom is -0.448 e. The molecule has 3 rings (SSSR count). The number of carbonyl (C=O) groups excluding carboxylic acids is 2. The van der Waals surface area contributed by atoms with E-state index in [1.807, 2.05) is 0 Å². The summed E-state index contributed by atoms with van der Waals surface area (Å²) in [4.78, 5) is 30.8. The van der Waals surface area contributed by atoms with Crippen LogP contribution in [0.5, 0.6) is 0 Å². The molecule has 114 valence electrons. The molecule has 2 aliphatic heterocycles. The van der Waals surface area contributed by atoms with Gasteiger partial charge in [0.2, 0.25) is 6.41 Å². The van der Waals surface area contributed by atoms with Gasteiger partial charge in [-0.2, -0.15) is 0 Å². The zero-order valence-corrected chi connectivity index (χ0v) is 12.0. The number of piperazine rings is 1. The molecule has 1 aromatic heterocycles. The van der Waals surface area contributed by atoms with Gasteiger partial charge in [-0.15, -0.1) is 0 Å². The lowest BCUT2D eigenvalue weighted by atomic mass is 9.98. The second kappa shape index (κ2) is 6.26. The zero-order valence-electron chi connectivity index (χ0n) is 12.0. The van der Waals surface area contributed by atoms with E-state index >= 15 is 0 Å². The molecule has 0 radical (unpaired) electrons. The first-order valence-corrected chi connectivity index (χ1v) is 7.42. The van der Waals surface area contributed by atoms with Crippen molar-refractivity contribution < 1.29 is 14.0 Å². The Balaban J connectivity index is 1.62. The van der Waals surface area contributed by atoms with Crippen molar-refractivity contribution in [2.24, 2.45) is 0 Å². The molecule has 2 aliphatic rings. The third-order valence-corrected chi connectivity index (χ3v) is 4.18. The average Bonchev–Trinajstić information content (AvgIpc) is 3.05. The Morgan fingerprint density at radius 2 is 2.00 bits per heavy atom. The van der Waals surface area contributed by atoms with E-state index in [1.54, 1.807) is 9.80 Å². The van der Waals surface area contributed by atoms with Gasteiger partial charge in [-0.05, 0) is 25.9 Å². The molecule has 21 heavy (non-hydrogen) atoms. The minimum atomic E-state index is -0.107. The van der Waals surface area contributed by atoms with Crippen LogP contribution >= 0.6 is 0 Å². The molecule has 0 bridgehead atoms. The fourth-order valence-corrected chi connectivity index (χ4v) is 2.83. The maximum absolute atomic E-state index is 12.4. The van der Waals surface area contributed by atoms with Crippen LogP contribution in [0, 0.1) is 0 Å². The Labute approximate surface area is 123 Å². The number of piperidine rings is 1. The van der Waals surface area contributed by atoms with Crippen molar-refractivity contribution in [3.8, 4) is 0 Å². The van der Waals surface area contributed by atoms with Crippen molar-refractivity contribution >= 4 is 12.3 Å². The van der Waals surface area contributed by atoms with Gasteiger partial charge in [0.25, 0.3) is 5.91 Å². The summed E-state index contributed by atoms with van der Waals surface area (Å²) in [6.07, 6.45) is 4.28. The van der Waals surface area contributed by atoms with E-state index in [9.17, 15) is 9.59 Å². The Hall–Kier alpha value is -1.89. The van der Waals surface area contributed by atoms with Crippen molar-refractivity contribution in [2.75, 3.05) is 39.3 Å². The summed E-state index contributed by atoms with van der Waals surface area (Å²) in [6, 6.07) is 0. The van der Waals surface area contributed by atoms with Crippen LogP contribution in [0.15, 0.2) is 10.7 Å². The molecule has 2 fully saturated rings. The maximum Gasteiger partial charge on any atom is 0.275 e. The number of carbonyl (C=O) groups is 2. The van der Waals surface area contributed by atoms with Crippen LogP contribution < -0.4 is 5.32 Å². The average molecular weight is 292 g/mol. The minimum absolute atomic E-state index is 0.107. The number of hydrogen-bond donors (Lipinski definition) is 1. The maximum atomic E-state index is 12.4. The van der Waals surface area contributed by atoms with Crippen LogP contribution in [-0.2, 0) is 4.79 Å². The van der Waals surface area contributed by atoms with Gasteiger partial charge in [0.1, 0.15) is 6.26 Å². The van der Waals surface area contributed by atoms with E-state index in [4.69, 9.17) is 4.42 Å². The molecule has 0 aromatic carbocycles. The number of nitrogens with zero attached hydrogens (tertiary/aromatic N) is 3. The normalized spacial score (nSPS) is 20.6. The summed E-state index contributed by atoms with van der Waals surface area (Å²) in [5.74, 6) is 0.871. The lowest BCUT2D eigenvalue weighted by Gasteiger charge is -2.31. The van der Waals surface area contributed by atoms with Crippen molar-refractivity contribution in [1.29, 1.82) is 0 Å². The van der Waals surface area contributed by atoms with Gasteiger partial charge in [-0.3, -0.25) is 9.59 Å². The highest BCUT2D eigenvalue weighted by Crippen LogP contribution is 2.24. The highest BCUT2D eigenvalue weighted by molar-refractivity contribution is 5.92. The summed E-state index contributed by atoms with van der Waals surface area (Å²) in [6.45, 7) is 4.18. The van der Waals surface area contributed by atoms with Gasteiger partial charge < -0.3 is 19.5 Å². The van der Waals surface area contributed by atoms with E-state index in [-0.39, 0.29) is 5.91 Å². The monoisotopic (exact) mass is 292 g/mol. The van der Waals surface area contributed by atoms with Crippen molar-refractivity contribution in [3.05, 3.63) is 17.8 Å². The van der Waals surface area contributed by atoms with E-state index in [0.717, 1.165) is 32.3 Å². The molecule has 0 unspecified atom stereocenters. The van der Waals surface area contributed by atoms with E-state index in [0.29, 0.717) is 43.7 Å². The molecule has 3 heterocycles. The first kappa shape index (κ1) is 14.1. The highest BCUT2D eigenvalue weighted by Gasteiger charge is 2.26. The quantitative estimate of drug-likeness (QED) is 0.797. The van der Waals surface area contributed by atoms with Crippen LogP contribution in [0.4, 0.5) is 0 Å². The number of oxazole rings is 1. The smallest absolute Gasteiger partial charge is 0.275 e. The summed E-state index contributed by atoms with van der Waals surface area (Å²) < 4.78 is 5.51. The van der Waals surface area contributed by atoms with Gasteiger partial charge in [0.15, 0.2) is 11.6 Å². The lowest BCUT2D eigenvalue weighted by molar-refractivity contribution is -0.119. The van der Waals surface area contributed by atoms with Crippen LogP contribution in [0.3, 0.4) is 0 Å². The molecule has 1 aromatic rings. The SMILES string of the molecule is O=CN1CCN(C(=O)c2coc(C3CCNCC3)n2)CC1. The van der Waals surface area contributed by atoms with Crippen molar-refractivity contribution in [2.45, 2.75) is 18.8 Å². The Morgan fingerprint density at radius 1 is 1.29 bits per heavy atom. The Bertz CT molecular complexity index is 502. The molecule has 1 N–H and O–H groups in total. The predicted molar refractivity (Wildman–Crippen MR) is 74.9 cm³/mol. The molecular weight excluding hydrogens is 272 g/mol. The zero-order chi connectivity index (χ0) is 14.7. The number of hydrogen-bond acceptors (Lipinski definition) is 5. The van der Waals surface area contributed by atoms with E-state index in [1.165, 1.54) is 6.26 Å².